The second kappa shape index (κ2) is 9.16. The van der Waals surface area contributed by atoms with E-state index in [0.717, 1.165) is 31.2 Å². The fourth-order valence-corrected chi connectivity index (χ4v) is 1.68. The lowest BCUT2D eigenvalue weighted by atomic mass is 10.1. The Hall–Kier alpha value is -0.900. The predicted molar refractivity (Wildman–Crippen MR) is 67.7 cm³/mol. The molecule has 0 heterocycles. The minimum absolute atomic E-state index is 0.0615. The van der Waals surface area contributed by atoms with Crippen LogP contribution in [0.1, 0.15) is 31.2 Å². The summed E-state index contributed by atoms with van der Waals surface area (Å²) in [5.41, 5.74) is 1.13. The van der Waals surface area contributed by atoms with E-state index in [1.807, 2.05) is 30.3 Å². The summed E-state index contributed by atoms with van der Waals surface area (Å²) >= 11 is 0. The molecule has 0 saturated carbocycles. The molecule has 1 aromatic carbocycles. The van der Waals surface area contributed by atoms with Crippen molar-refractivity contribution in [2.75, 3.05) is 13.2 Å². The third-order valence-electron chi connectivity index (χ3n) is 2.72. The minimum atomic E-state index is -0.0890. The van der Waals surface area contributed by atoms with Gasteiger partial charge in [0.05, 0.1) is 19.3 Å². The van der Waals surface area contributed by atoms with Crippen molar-refractivity contribution >= 4 is 0 Å². The van der Waals surface area contributed by atoms with E-state index in [4.69, 9.17) is 9.84 Å². The number of hydrogen-bond acceptors (Lipinski definition) is 3. The Morgan fingerprint density at radius 3 is 2.41 bits per heavy atom. The zero-order valence-electron chi connectivity index (χ0n) is 10.2. The average Bonchev–Trinajstić information content (AvgIpc) is 2.39. The van der Waals surface area contributed by atoms with Gasteiger partial charge in [-0.2, -0.15) is 0 Å². The number of aliphatic hydroxyl groups is 2. The zero-order chi connectivity index (χ0) is 12.3. The summed E-state index contributed by atoms with van der Waals surface area (Å²) in [6, 6.07) is 9.96. The first kappa shape index (κ1) is 14.2. The van der Waals surface area contributed by atoms with Crippen LogP contribution >= 0.6 is 0 Å². The van der Waals surface area contributed by atoms with Gasteiger partial charge in [0.2, 0.25) is 0 Å². The maximum atomic E-state index is 9.19. The number of unbranched alkanes of at least 4 members (excludes halogenated alkanes) is 2. The van der Waals surface area contributed by atoms with E-state index < -0.39 is 0 Å². The zero-order valence-corrected chi connectivity index (χ0v) is 10.2. The van der Waals surface area contributed by atoms with Crippen LogP contribution in [0.25, 0.3) is 0 Å². The summed E-state index contributed by atoms with van der Waals surface area (Å²) in [4.78, 5) is 0. The lowest BCUT2D eigenvalue weighted by molar-refractivity contribution is -0.00359. The molecule has 0 amide bonds. The smallest absolute Gasteiger partial charge is 0.0810 e. The number of aliphatic hydroxyl groups excluding tert-OH is 2. The van der Waals surface area contributed by atoms with E-state index in [9.17, 15) is 5.11 Å². The molecule has 2 N–H and O–H groups in total. The largest absolute Gasteiger partial charge is 0.396 e. The first-order chi connectivity index (χ1) is 8.36. The summed E-state index contributed by atoms with van der Waals surface area (Å²) < 4.78 is 5.65. The first-order valence-electron chi connectivity index (χ1n) is 6.24. The molecule has 0 unspecified atom stereocenters. The molecule has 1 rings (SSSR count). The summed E-state index contributed by atoms with van der Waals surface area (Å²) in [5.74, 6) is 0. The monoisotopic (exact) mass is 238 g/mol. The van der Waals surface area contributed by atoms with Crippen molar-refractivity contribution < 1.29 is 14.9 Å². The molecule has 0 aliphatic heterocycles. The van der Waals surface area contributed by atoms with Gasteiger partial charge in [0.25, 0.3) is 0 Å². The van der Waals surface area contributed by atoms with E-state index in [1.54, 1.807) is 0 Å². The molecular weight excluding hydrogens is 216 g/mol. The van der Waals surface area contributed by atoms with Gasteiger partial charge < -0.3 is 14.9 Å². The Labute approximate surface area is 103 Å². The third kappa shape index (κ3) is 6.41. The molecule has 96 valence electrons. The van der Waals surface area contributed by atoms with Crippen molar-refractivity contribution in [3.8, 4) is 0 Å². The summed E-state index contributed by atoms with van der Waals surface area (Å²) in [6.45, 7) is 0.854. The highest BCUT2D eigenvalue weighted by Gasteiger charge is 2.07. The quantitative estimate of drug-likeness (QED) is 0.648. The summed E-state index contributed by atoms with van der Waals surface area (Å²) in [5, 5.41) is 17.8. The van der Waals surface area contributed by atoms with Crippen molar-refractivity contribution in [2.24, 2.45) is 0 Å². The van der Waals surface area contributed by atoms with E-state index in [-0.39, 0.29) is 19.3 Å². The number of rotatable bonds is 9. The second-order valence-corrected chi connectivity index (χ2v) is 4.17. The molecule has 0 aromatic heterocycles. The number of benzene rings is 1. The van der Waals surface area contributed by atoms with Crippen molar-refractivity contribution in [3.63, 3.8) is 0 Å². The minimum Gasteiger partial charge on any atom is -0.396 e. The van der Waals surface area contributed by atoms with Crippen LogP contribution in [0.3, 0.4) is 0 Å². The van der Waals surface area contributed by atoms with Crippen LogP contribution in [0.15, 0.2) is 30.3 Å². The van der Waals surface area contributed by atoms with Gasteiger partial charge in [-0.1, -0.05) is 43.2 Å². The fraction of sp³-hybridized carbons (Fsp3) is 0.571. The van der Waals surface area contributed by atoms with Gasteiger partial charge in [-0.15, -0.1) is 0 Å². The molecule has 17 heavy (non-hydrogen) atoms. The highest BCUT2D eigenvalue weighted by Crippen LogP contribution is 2.09. The van der Waals surface area contributed by atoms with Crippen LogP contribution in [-0.2, 0) is 11.3 Å². The lowest BCUT2D eigenvalue weighted by Crippen LogP contribution is -2.17. The molecule has 0 aliphatic carbocycles. The van der Waals surface area contributed by atoms with Gasteiger partial charge in [0.1, 0.15) is 0 Å². The molecule has 3 heteroatoms. The second-order valence-electron chi connectivity index (χ2n) is 4.17. The van der Waals surface area contributed by atoms with Crippen LogP contribution < -0.4 is 0 Å². The highest BCUT2D eigenvalue weighted by molar-refractivity contribution is 5.13. The highest BCUT2D eigenvalue weighted by atomic mass is 16.5. The maximum Gasteiger partial charge on any atom is 0.0810 e. The van der Waals surface area contributed by atoms with Gasteiger partial charge >= 0.3 is 0 Å². The van der Waals surface area contributed by atoms with Gasteiger partial charge in [-0.3, -0.25) is 0 Å². The van der Waals surface area contributed by atoms with E-state index in [0.29, 0.717) is 6.61 Å². The van der Waals surface area contributed by atoms with Crippen LogP contribution in [-0.4, -0.2) is 29.5 Å². The van der Waals surface area contributed by atoms with Crippen LogP contribution in [0.2, 0.25) is 0 Å². The van der Waals surface area contributed by atoms with Crippen molar-refractivity contribution in [1.29, 1.82) is 0 Å². The van der Waals surface area contributed by atoms with Crippen molar-refractivity contribution in [3.05, 3.63) is 35.9 Å². The number of hydrogen-bond donors (Lipinski definition) is 2. The molecule has 0 fully saturated rings. The standard InChI is InChI=1S/C14H22O3/c15-10-6-2-5-9-14(11-16)17-12-13-7-3-1-4-8-13/h1,3-4,7-8,14-16H,2,5-6,9-12H2/t14-/m0/s1. The fourth-order valence-electron chi connectivity index (χ4n) is 1.68. The van der Waals surface area contributed by atoms with Crippen molar-refractivity contribution in [1.82, 2.24) is 0 Å². The molecule has 0 aliphatic rings. The summed E-state index contributed by atoms with van der Waals surface area (Å²) in [6.07, 6.45) is 3.57. The molecule has 1 atom stereocenters. The molecule has 0 spiro atoms. The Bertz CT molecular complexity index is 274. The van der Waals surface area contributed by atoms with E-state index in [1.165, 1.54) is 0 Å². The Balaban J connectivity index is 2.18. The lowest BCUT2D eigenvalue weighted by Gasteiger charge is -2.15. The summed E-state index contributed by atoms with van der Waals surface area (Å²) in [7, 11) is 0. The van der Waals surface area contributed by atoms with E-state index >= 15 is 0 Å². The predicted octanol–water partition coefficient (Wildman–Crippen LogP) is 2.12. The van der Waals surface area contributed by atoms with Crippen LogP contribution in [0.4, 0.5) is 0 Å². The average molecular weight is 238 g/mol. The normalized spacial score (nSPS) is 12.6. The van der Waals surface area contributed by atoms with Gasteiger partial charge in [-0.05, 0) is 18.4 Å². The van der Waals surface area contributed by atoms with Gasteiger partial charge in [-0.25, -0.2) is 0 Å². The molecule has 0 radical (unpaired) electrons. The van der Waals surface area contributed by atoms with Crippen LogP contribution in [0, 0.1) is 0 Å². The molecule has 0 saturated heterocycles. The van der Waals surface area contributed by atoms with Crippen molar-refractivity contribution in [2.45, 2.75) is 38.4 Å². The molecule has 1 aromatic rings. The first-order valence-corrected chi connectivity index (χ1v) is 6.24. The third-order valence-corrected chi connectivity index (χ3v) is 2.72. The molecule has 0 bridgehead atoms. The Morgan fingerprint density at radius 2 is 1.76 bits per heavy atom. The maximum absolute atomic E-state index is 9.19. The van der Waals surface area contributed by atoms with Crippen LogP contribution in [0.5, 0.6) is 0 Å². The Kier molecular flexibility index (Phi) is 7.63. The van der Waals surface area contributed by atoms with Gasteiger partial charge in [0, 0.05) is 6.61 Å². The molecule has 3 nitrogen and oxygen atoms in total. The molecular formula is C14H22O3. The SMILES string of the molecule is OCCCCC[C@@H](CO)OCc1ccccc1. The topological polar surface area (TPSA) is 49.7 Å². The Morgan fingerprint density at radius 1 is 1.00 bits per heavy atom. The van der Waals surface area contributed by atoms with E-state index in [2.05, 4.69) is 0 Å². The number of ether oxygens (including phenoxy) is 1. The van der Waals surface area contributed by atoms with Gasteiger partial charge in [0.15, 0.2) is 0 Å².